The predicted molar refractivity (Wildman–Crippen MR) is 60.6 cm³/mol. The second kappa shape index (κ2) is 4.58. The van der Waals surface area contributed by atoms with Gasteiger partial charge in [-0.1, -0.05) is 0 Å². The van der Waals surface area contributed by atoms with Crippen molar-refractivity contribution in [1.29, 1.82) is 5.26 Å². The van der Waals surface area contributed by atoms with Crippen LogP contribution in [-0.4, -0.2) is 23.1 Å². The lowest BCUT2D eigenvalue weighted by molar-refractivity contribution is 0.280. The van der Waals surface area contributed by atoms with E-state index in [0.717, 1.165) is 43.7 Å². The molecule has 2 heterocycles. The molecular weight excluding hydrogens is 200 g/mol. The van der Waals surface area contributed by atoms with Gasteiger partial charge >= 0.3 is 0 Å². The van der Waals surface area contributed by atoms with Crippen molar-refractivity contribution < 1.29 is 0 Å². The van der Waals surface area contributed by atoms with Gasteiger partial charge in [0.05, 0.1) is 11.5 Å². The lowest BCUT2D eigenvalue weighted by atomic mass is 9.76. The summed E-state index contributed by atoms with van der Waals surface area (Å²) in [6, 6.07) is 2.48. The first-order chi connectivity index (χ1) is 7.74. The fraction of sp³-hybridized carbons (Fsp3) is 0.583. The van der Waals surface area contributed by atoms with E-state index in [1.807, 2.05) is 19.3 Å². The molecule has 2 rings (SSSR count). The van der Waals surface area contributed by atoms with Gasteiger partial charge in [0.1, 0.15) is 5.82 Å². The highest BCUT2D eigenvalue weighted by molar-refractivity contribution is 5.14. The monoisotopic (exact) mass is 216 g/mol. The quantitative estimate of drug-likeness (QED) is 0.807. The minimum Gasteiger partial charge on any atom is -0.317 e. The Kier molecular flexibility index (Phi) is 3.16. The average molecular weight is 216 g/mol. The third kappa shape index (κ3) is 2.37. The Morgan fingerprint density at radius 3 is 2.56 bits per heavy atom. The smallest absolute Gasteiger partial charge is 0.125 e. The minimum atomic E-state index is -0.218. The Morgan fingerprint density at radius 1 is 1.38 bits per heavy atom. The standard InChI is InChI=1S/C12H16N4/c1-10-15-7-11(8-16-10)6-12(9-13)2-4-14-5-3-12/h7-8,14H,2-6H2,1H3. The van der Waals surface area contributed by atoms with E-state index in [1.165, 1.54) is 0 Å². The first-order valence-electron chi connectivity index (χ1n) is 5.64. The maximum atomic E-state index is 9.34. The Balaban J connectivity index is 2.12. The van der Waals surface area contributed by atoms with Crippen molar-refractivity contribution in [3.63, 3.8) is 0 Å². The van der Waals surface area contributed by atoms with Crippen LogP contribution < -0.4 is 5.32 Å². The molecule has 0 aliphatic carbocycles. The number of piperidine rings is 1. The minimum absolute atomic E-state index is 0.218. The van der Waals surface area contributed by atoms with E-state index < -0.39 is 0 Å². The number of nitrogens with one attached hydrogen (secondary N) is 1. The molecule has 0 radical (unpaired) electrons. The van der Waals surface area contributed by atoms with Gasteiger partial charge in [0, 0.05) is 12.4 Å². The van der Waals surface area contributed by atoms with E-state index in [-0.39, 0.29) is 5.41 Å². The van der Waals surface area contributed by atoms with Crippen LogP contribution in [0.4, 0.5) is 0 Å². The molecule has 1 aromatic heterocycles. The van der Waals surface area contributed by atoms with Gasteiger partial charge in [-0.2, -0.15) is 5.26 Å². The molecule has 0 spiro atoms. The van der Waals surface area contributed by atoms with Crippen LogP contribution in [0.1, 0.15) is 24.2 Å². The number of aromatic nitrogens is 2. The van der Waals surface area contributed by atoms with Crippen molar-refractivity contribution in [3.05, 3.63) is 23.8 Å². The predicted octanol–water partition coefficient (Wildman–Crippen LogP) is 1.22. The zero-order chi connectivity index (χ0) is 11.4. The van der Waals surface area contributed by atoms with E-state index >= 15 is 0 Å². The summed E-state index contributed by atoms with van der Waals surface area (Å²) in [5, 5.41) is 12.6. The maximum Gasteiger partial charge on any atom is 0.125 e. The number of nitrogens with zero attached hydrogens (tertiary/aromatic N) is 3. The highest BCUT2D eigenvalue weighted by atomic mass is 14.9. The molecule has 4 heteroatoms. The number of hydrogen-bond donors (Lipinski definition) is 1. The van der Waals surface area contributed by atoms with Crippen LogP contribution in [0.25, 0.3) is 0 Å². The van der Waals surface area contributed by atoms with Crippen LogP contribution in [0, 0.1) is 23.7 Å². The highest BCUT2D eigenvalue weighted by Crippen LogP contribution is 2.31. The van der Waals surface area contributed by atoms with Gasteiger partial charge < -0.3 is 5.32 Å². The van der Waals surface area contributed by atoms with Crippen molar-refractivity contribution in [1.82, 2.24) is 15.3 Å². The number of hydrogen-bond acceptors (Lipinski definition) is 4. The molecule has 0 bridgehead atoms. The number of nitriles is 1. The van der Waals surface area contributed by atoms with Gasteiger partial charge in [-0.3, -0.25) is 0 Å². The first-order valence-corrected chi connectivity index (χ1v) is 5.64. The summed E-state index contributed by atoms with van der Waals surface area (Å²) in [5.74, 6) is 0.778. The molecule has 16 heavy (non-hydrogen) atoms. The Hall–Kier alpha value is -1.47. The van der Waals surface area contributed by atoms with Crippen LogP contribution in [0.15, 0.2) is 12.4 Å². The van der Waals surface area contributed by atoms with Crippen LogP contribution in [0.2, 0.25) is 0 Å². The Bertz CT molecular complexity index is 384. The second-order valence-corrected chi connectivity index (χ2v) is 4.46. The third-order valence-corrected chi connectivity index (χ3v) is 3.17. The molecule has 0 saturated carbocycles. The van der Waals surface area contributed by atoms with Gasteiger partial charge in [-0.15, -0.1) is 0 Å². The lowest BCUT2D eigenvalue weighted by Crippen LogP contribution is -2.37. The van der Waals surface area contributed by atoms with Crippen molar-refractivity contribution >= 4 is 0 Å². The maximum absolute atomic E-state index is 9.34. The highest BCUT2D eigenvalue weighted by Gasteiger charge is 2.32. The van der Waals surface area contributed by atoms with Gasteiger partial charge in [-0.25, -0.2) is 9.97 Å². The summed E-state index contributed by atoms with van der Waals surface area (Å²) in [6.45, 7) is 3.73. The summed E-state index contributed by atoms with van der Waals surface area (Å²) >= 11 is 0. The summed E-state index contributed by atoms with van der Waals surface area (Å²) < 4.78 is 0. The van der Waals surface area contributed by atoms with E-state index in [4.69, 9.17) is 0 Å². The summed E-state index contributed by atoms with van der Waals surface area (Å²) in [5.41, 5.74) is 0.846. The first kappa shape index (κ1) is 11.0. The SMILES string of the molecule is Cc1ncc(CC2(C#N)CCNCC2)cn1. The Morgan fingerprint density at radius 2 is 2.00 bits per heavy atom. The molecule has 0 atom stereocenters. The molecule has 0 amide bonds. The molecule has 1 aromatic rings. The zero-order valence-electron chi connectivity index (χ0n) is 9.53. The van der Waals surface area contributed by atoms with Crippen LogP contribution in [-0.2, 0) is 6.42 Å². The molecule has 1 aliphatic heterocycles. The van der Waals surface area contributed by atoms with Crippen LogP contribution >= 0.6 is 0 Å². The average Bonchev–Trinajstić information content (AvgIpc) is 2.33. The largest absolute Gasteiger partial charge is 0.317 e. The number of rotatable bonds is 2. The molecule has 4 nitrogen and oxygen atoms in total. The number of aryl methyl sites for hydroxylation is 1. The summed E-state index contributed by atoms with van der Waals surface area (Å²) in [4.78, 5) is 8.35. The van der Waals surface area contributed by atoms with Gasteiger partial charge in [-0.05, 0) is 44.8 Å². The lowest BCUT2D eigenvalue weighted by Gasteiger charge is -2.31. The zero-order valence-corrected chi connectivity index (χ0v) is 9.53. The molecule has 1 aliphatic rings. The van der Waals surface area contributed by atoms with Crippen molar-refractivity contribution in [2.75, 3.05) is 13.1 Å². The van der Waals surface area contributed by atoms with Crippen LogP contribution in [0.5, 0.6) is 0 Å². The van der Waals surface area contributed by atoms with Crippen molar-refractivity contribution in [2.45, 2.75) is 26.2 Å². The van der Waals surface area contributed by atoms with Crippen LogP contribution in [0.3, 0.4) is 0 Å². The molecule has 1 N–H and O–H groups in total. The summed E-state index contributed by atoms with van der Waals surface area (Å²) in [7, 11) is 0. The third-order valence-electron chi connectivity index (χ3n) is 3.17. The summed E-state index contributed by atoms with van der Waals surface area (Å²) in [6.07, 6.45) is 6.27. The molecule has 0 aromatic carbocycles. The van der Waals surface area contributed by atoms with Gasteiger partial charge in [0.2, 0.25) is 0 Å². The molecule has 84 valence electrons. The fourth-order valence-electron chi connectivity index (χ4n) is 2.13. The normalized spacial score (nSPS) is 19.0. The van der Waals surface area contributed by atoms with Gasteiger partial charge in [0.15, 0.2) is 0 Å². The molecular formula is C12H16N4. The second-order valence-electron chi connectivity index (χ2n) is 4.46. The molecule has 0 unspecified atom stereocenters. The van der Waals surface area contributed by atoms with E-state index in [1.54, 1.807) is 0 Å². The topological polar surface area (TPSA) is 61.6 Å². The van der Waals surface area contributed by atoms with Crippen molar-refractivity contribution in [2.24, 2.45) is 5.41 Å². The van der Waals surface area contributed by atoms with Crippen molar-refractivity contribution in [3.8, 4) is 6.07 Å². The Labute approximate surface area is 95.7 Å². The van der Waals surface area contributed by atoms with E-state index in [0.29, 0.717) is 0 Å². The molecule has 1 saturated heterocycles. The van der Waals surface area contributed by atoms with Gasteiger partial charge in [0.25, 0.3) is 0 Å². The van der Waals surface area contributed by atoms with E-state index in [2.05, 4.69) is 21.4 Å². The fourth-order valence-corrected chi connectivity index (χ4v) is 2.13. The molecule has 1 fully saturated rings. The van der Waals surface area contributed by atoms with E-state index in [9.17, 15) is 5.26 Å².